The molecule has 1 atom stereocenters. The number of carbonyl (C=O) groups excluding carboxylic acids is 1. The van der Waals surface area contributed by atoms with Gasteiger partial charge in [0.25, 0.3) is 5.91 Å². The van der Waals surface area contributed by atoms with Crippen molar-refractivity contribution in [2.24, 2.45) is 0 Å². The Kier molecular flexibility index (Phi) is 4.89. The van der Waals surface area contributed by atoms with Crippen LogP contribution in [0.1, 0.15) is 27.6 Å². The van der Waals surface area contributed by atoms with Crippen LogP contribution in [0.5, 0.6) is 0 Å². The van der Waals surface area contributed by atoms with Crippen LogP contribution in [0.15, 0.2) is 73.1 Å². The molecule has 120 valence electrons. The fourth-order valence-corrected chi connectivity index (χ4v) is 2.63. The number of hydrogen-bond donors (Lipinski definition) is 2. The minimum Gasteiger partial charge on any atom is -0.384 e. The topological polar surface area (TPSA) is 62.2 Å². The molecule has 1 aromatic heterocycles. The number of rotatable bonds is 4. The van der Waals surface area contributed by atoms with Gasteiger partial charge in [-0.15, -0.1) is 0 Å². The van der Waals surface area contributed by atoms with Crippen LogP contribution in [0.3, 0.4) is 0 Å². The number of halogens is 1. The first kappa shape index (κ1) is 16.2. The second kappa shape index (κ2) is 7.25. The lowest BCUT2D eigenvalue weighted by Crippen LogP contribution is -2.15. The first-order valence-corrected chi connectivity index (χ1v) is 7.77. The lowest BCUT2D eigenvalue weighted by Gasteiger charge is -2.18. The largest absolute Gasteiger partial charge is 0.384 e. The highest BCUT2D eigenvalue weighted by Crippen LogP contribution is 2.33. The fraction of sp³-hybridized carbons (Fsp3) is 0.0526. The number of aliphatic hydroxyl groups excluding tert-OH is 1. The van der Waals surface area contributed by atoms with Gasteiger partial charge in [0.1, 0.15) is 6.10 Å². The van der Waals surface area contributed by atoms with Crippen molar-refractivity contribution in [3.05, 3.63) is 94.8 Å². The smallest absolute Gasteiger partial charge is 0.255 e. The summed E-state index contributed by atoms with van der Waals surface area (Å²) in [4.78, 5) is 16.3. The third-order valence-electron chi connectivity index (χ3n) is 3.64. The van der Waals surface area contributed by atoms with Crippen LogP contribution >= 0.6 is 11.6 Å². The van der Waals surface area contributed by atoms with Gasteiger partial charge in [-0.1, -0.05) is 54.1 Å². The van der Waals surface area contributed by atoms with Crippen LogP contribution in [-0.2, 0) is 0 Å². The molecule has 5 heteroatoms. The molecule has 0 fully saturated rings. The van der Waals surface area contributed by atoms with E-state index in [2.05, 4.69) is 10.3 Å². The van der Waals surface area contributed by atoms with E-state index in [0.29, 0.717) is 21.8 Å². The molecular weight excluding hydrogens is 324 g/mol. The Morgan fingerprint density at radius 3 is 2.42 bits per heavy atom. The highest BCUT2D eigenvalue weighted by atomic mass is 35.5. The summed E-state index contributed by atoms with van der Waals surface area (Å²) >= 11 is 6.25. The van der Waals surface area contributed by atoms with Crippen molar-refractivity contribution >= 4 is 23.2 Å². The maximum atomic E-state index is 12.4. The number of nitrogens with zero attached hydrogens (tertiary/aromatic N) is 1. The van der Waals surface area contributed by atoms with Gasteiger partial charge < -0.3 is 10.4 Å². The number of benzene rings is 2. The van der Waals surface area contributed by atoms with Crippen LogP contribution in [0.4, 0.5) is 5.69 Å². The Morgan fingerprint density at radius 2 is 1.71 bits per heavy atom. The van der Waals surface area contributed by atoms with Gasteiger partial charge in [-0.2, -0.15) is 0 Å². The van der Waals surface area contributed by atoms with Gasteiger partial charge in [-0.3, -0.25) is 9.78 Å². The van der Waals surface area contributed by atoms with Gasteiger partial charge in [-0.05, 0) is 23.8 Å². The SMILES string of the molecule is O=C(Nc1c(Cl)cccc1C(O)c1ccccc1)c1ccncc1. The van der Waals surface area contributed by atoms with Crippen LogP contribution in [0.25, 0.3) is 0 Å². The number of anilines is 1. The number of nitrogens with one attached hydrogen (secondary N) is 1. The summed E-state index contributed by atoms with van der Waals surface area (Å²) in [5.74, 6) is -0.313. The average molecular weight is 339 g/mol. The summed E-state index contributed by atoms with van der Waals surface area (Å²) in [6.45, 7) is 0. The number of aliphatic hydroxyl groups is 1. The van der Waals surface area contributed by atoms with E-state index in [1.807, 2.05) is 30.3 Å². The van der Waals surface area contributed by atoms with Crippen molar-refractivity contribution in [1.29, 1.82) is 0 Å². The number of pyridine rings is 1. The molecule has 3 rings (SSSR count). The standard InChI is InChI=1S/C19H15ClN2O2/c20-16-8-4-7-15(18(23)13-5-2-1-3-6-13)17(16)22-19(24)14-9-11-21-12-10-14/h1-12,18,23H,(H,22,24). The molecule has 0 spiro atoms. The van der Waals surface area contributed by atoms with Gasteiger partial charge in [0.2, 0.25) is 0 Å². The molecule has 24 heavy (non-hydrogen) atoms. The third-order valence-corrected chi connectivity index (χ3v) is 3.95. The summed E-state index contributed by atoms with van der Waals surface area (Å²) in [6, 6.07) is 17.6. The van der Waals surface area contributed by atoms with E-state index in [9.17, 15) is 9.90 Å². The Balaban J connectivity index is 1.95. The predicted molar refractivity (Wildman–Crippen MR) is 94.1 cm³/mol. The number of para-hydroxylation sites is 1. The molecule has 2 aromatic carbocycles. The van der Waals surface area contributed by atoms with Crippen molar-refractivity contribution in [3.8, 4) is 0 Å². The zero-order valence-electron chi connectivity index (χ0n) is 12.7. The number of aromatic nitrogens is 1. The van der Waals surface area contributed by atoms with Gasteiger partial charge in [-0.25, -0.2) is 0 Å². The molecule has 0 saturated heterocycles. The molecule has 0 saturated carbocycles. The molecule has 0 aliphatic heterocycles. The molecule has 0 radical (unpaired) electrons. The molecule has 1 unspecified atom stereocenters. The number of carbonyl (C=O) groups is 1. The zero-order valence-corrected chi connectivity index (χ0v) is 13.4. The number of amides is 1. The van der Waals surface area contributed by atoms with Crippen molar-refractivity contribution in [1.82, 2.24) is 4.98 Å². The molecule has 0 bridgehead atoms. The maximum Gasteiger partial charge on any atom is 0.255 e. The van der Waals surface area contributed by atoms with Gasteiger partial charge in [0.05, 0.1) is 10.7 Å². The van der Waals surface area contributed by atoms with Crippen LogP contribution in [-0.4, -0.2) is 16.0 Å². The minimum atomic E-state index is -0.891. The third kappa shape index (κ3) is 3.45. The summed E-state index contributed by atoms with van der Waals surface area (Å²) in [7, 11) is 0. The normalized spacial score (nSPS) is 11.8. The average Bonchev–Trinajstić information content (AvgIpc) is 2.64. The lowest BCUT2D eigenvalue weighted by atomic mass is 9.99. The van der Waals surface area contributed by atoms with Gasteiger partial charge in [0, 0.05) is 23.5 Å². The predicted octanol–water partition coefficient (Wildman–Crippen LogP) is 4.07. The van der Waals surface area contributed by atoms with E-state index in [1.54, 1.807) is 42.7 Å². The quantitative estimate of drug-likeness (QED) is 0.753. The monoisotopic (exact) mass is 338 g/mol. The van der Waals surface area contributed by atoms with E-state index in [0.717, 1.165) is 5.56 Å². The molecule has 1 heterocycles. The number of hydrogen-bond acceptors (Lipinski definition) is 3. The highest BCUT2D eigenvalue weighted by molar-refractivity contribution is 6.34. The minimum absolute atomic E-state index is 0.313. The van der Waals surface area contributed by atoms with Gasteiger partial charge in [0.15, 0.2) is 0 Å². The van der Waals surface area contributed by atoms with Crippen LogP contribution < -0.4 is 5.32 Å². The van der Waals surface area contributed by atoms with Crippen molar-refractivity contribution < 1.29 is 9.90 Å². The Morgan fingerprint density at radius 1 is 1.00 bits per heavy atom. The molecule has 0 aliphatic rings. The van der Waals surface area contributed by atoms with E-state index in [-0.39, 0.29) is 5.91 Å². The van der Waals surface area contributed by atoms with Crippen LogP contribution in [0.2, 0.25) is 5.02 Å². The van der Waals surface area contributed by atoms with E-state index in [4.69, 9.17) is 11.6 Å². The maximum absolute atomic E-state index is 12.4. The molecule has 4 nitrogen and oxygen atoms in total. The van der Waals surface area contributed by atoms with Crippen molar-refractivity contribution in [3.63, 3.8) is 0 Å². The lowest BCUT2D eigenvalue weighted by molar-refractivity contribution is 0.102. The summed E-state index contributed by atoms with van der Waals surface area (Å²) in [5, 5.41) is 13.8. The Bertz CT molecular complexity index is 839. The Hall–Kier alpha value is -2.69. The zero-order chi connectivity index (χ0) is 16.9. The molecule has 0 aliphatic carbocycles. The summed E-state index contributed by atoms with van der Waals surface area (Å²) in [5.41, 5.74) is 2.12. The molecule has 3 aromatic rings. The molecule has 2 N–H and O–H groups in total. The summed E-state index contributed by atoms with van der Waals surface area (Å²) < 4.78 is 0. The summed E-state index contributed by atoms with van der Waals surface area (Å²) in [6.07, 6.45) is 2.19. The van der Waals surface area contributed by atoms with Crippen molar-refractivity contribution in [2.75, 3.05) is 5.32 Å². The van der Waals surface area contributed by atoms with Crippen LogP contribution in [0, 0.1) is 0 Å². The highest BCUT2D eigenvalue weighted by Gasteiger charge is 2.18. The second-order valence-corrected chi connectivity index (χ2v) is 5.61. The fourth-order valence-electron chi connectivity index (χ4n) is 2.40. The second-order valence-electron chi connectivity index (χ2n) is 5.21. The van der Waals surface area contributed by atoms with Crippen molar-refractivity contribution in [2.45, 2.75) is 6.10 Å². The molecule has 1 amide bonds. The van der Waals surface area contributed by atoms with E-state index >= 15 is 0 Å². The first-order chi connectivity index (χ1) is 11.7. The van der Waals surface area contributed by atoms with E-state index in [1.165, 1.54) is 0 Å². The van der Waals surface area contributed by atoms with E-state index < -0.39 is 6.10 Å². The Labute approximate surface area is 144 Å². The van der Waals surface area contributed by atoms with Gasteiger partial charge >= 0.3 is 0 Å². The molecular formula is C19H15ClN2O2. The first-order valence-electron chi connectivity index (χ1n) is 7.39.